The second kappa shape index (κ2) is 12.5. The minimum Gasteiger partial charge on any atom is -0.493 e. The molecule has 0 bridgehead atoms. The normalized spacial score (nSPS) is 18.0. The van der Waals surface area contributed by atoms with E-state index in [1.807, 2.05) is 0 Å². The third kappa shape index (κ3) is 7.25. The van der Waals surface area contributed by atoms with Gasteiger partial charge in [0.2, 0.25) is 0 Å². The highest BCUT2D eigenvalue weighted by Gasteiger charge is 2.61. The van der Waals surface area contributed by atoms with Gasteiger partial charge in [-0.2, -0.15) is 13.2 Å². The number of quaternary nitrogens is 1. The SMILES string of the molecule is CCCCCCCCOc1ccc(C(=O)NNC(=O)C2([N+](C)(C)C)COCN2C(=O)O)cc1C(F)(F)F. The predicted molar refractivity (Wildman–Crippen MR) is 127 cm³/mol. The van der Waals surface area contributed by atoms with Crippen molar-refractivity contribution in [2.45, 2.75) is 57.3 Å². The maximum absolute atomic E-state index is 13.7. The summed E-state index contributed by atoms with van der Waals surface area (Å²) < 4.78 is 51.4. The molecule has 1 fully saturated rings. The van der Waals surface area contributed by atoms with Crippen LogP contribution in [0.25, 0.3) is 0 Å². The summed E-state index contributed by atoms with van der Waals surface area (Å²) in [6, 6.07) is 2.88. The van der Waals surface area contributed by atoms with Crippen molar-refractivity contribution >= 4 is 17.9 Å². The molecule has 1 atom stereocenters. The molecular weight excluding hydrogens is 497 g/mol. The Morgan fingerprint density at radius 2 is 1.76 bits per heavy atom. The lowest BCUT2D eigenvalue weighted by atomic mass is 10.1. The van der Waals surface area contributed by atoms with Crippen molar-refractivity contribution in [3.63, 3.8) is 0 Å². The number of rotatable bonds is 11. The molecule has 1 saturated heterocycles. The first-order valence-electron chi connectivity index (χ1n) is 12.1. The van der Waals surface area contributed by atoms with Crippen LogP contribution in [0.1, 0.15) is 61.4 Å². The van der Waals surface area contributed by atoms with Crippen LogP contribution in [0.15, 0.2) is 18.2 Å². The van der Waals surface area contributed by atoms with Crippen molar-refractivity contribution in [1.82, 2.24) is 15.8 Å². The Bertz CT molecular complexity index is 967. The lowest BCUT2D eigenvalue weighted by Gasteiger charge is -2.44. The van der Waals surface area contributed by atoms with Crippen molar-refractivity contribution < 1.29 is 46.6 Å². The van der Waals surface area contributed by atoms with Crippen LogP contribution in [0, 0.1) is 0 Å². The van der Waals surface area contributed by atoms with Gasteiger partial charge in [-0.15, -0.1) is 0 Å². The van der Waals surface area contributed by atoms with E-state index in [1.165, 1.54) is 0 Å². The average Bonchev–Trinajstić information content (AvgIpc) is 3.28. The maximum atomic E-state index is 13.7. The van der Waals surface area contributed by atoms with Crippen LogP contribution >= 0.6 is 0 Å². The van der Waals surface area contributed by atoms with Crippen molar-refractivity contribution in [2.75, 3.05) is 41.1 Å². The van der Waals surface area contributed by atoms with Crippen LogP contribution in [0.3, 0.4) is 0 Å². The average molecular weight is 534 g/mol. The smallest absolute Gasteiger partial charge is 0.419 e. The molecule has 37 heavy (non-hydrogen) atoms. The molecule has 1 aliphatic rings. The summed E-state index contributed by atoms with van der Waals surface area (Å²) in [6.07, 6.45) is -0.444. The Hall–Kier alpha value is -3.06. The third-order valence-corrected chi connectivity index (χ3v) is 6.27. The number of halogens is 3. The van der Waals surface area contributed by atoms with Gasteiger partial charge >= 0.3 is 18.2 Å². The van der Waals surface area contributed by atoms with E-state index < -0.39 is 35.3 Å². The topological polar surface area (TPSA) is 117 Å². The molecular formula is C24H36F3N4O6+. The molecule has 13 heteroatoms. The van der Waals surface area contributed by atoms with Gasteiger partial charge in [-0.25, -0.2) is 9.69 Å². The molecule has 208 valence electrons. The maximum Gasteiger partial charge on any atom is 0.419 e. The minimum atomic E-state index is -4.77. The largest absolute Gasteiger partial charge is 0.493 e. The third-order valence-electron chi connectivity index (χ3n) is 6.27. The summed E-state index contributed by atoms with van der Waals surface area (Å²) in [5.74, 6) is -2.30. The van der Waals surface area contributed by atoms with Crippen LogP contribution in [0.4, 0.5) is 18.0 Å². The first-order chi connectivity index (χ1) is 17.3. The van der Waals surface area contributed by atoms with Crippen LogP contribution in [0.2, 0.25) is 0 Å². The first-order valence-corrected chi connectivity index (χ1v) is 12.1. The van der Waals surface area contributed by atoms with Gasteiger partial charge in [0.15, 0.2) is 0 Å². The van der Waals surface area contributed by atoms with Crippen LogP contribution < -0.4 is 15.6 Å². The summed E-state index contributed by atoms with van der Waals surface area (Å²) in [4.78, 5) is 38.1. The molecule has 10 nitrogen and oxygen atoms in total. The molecule has 1 aliphatic heterocycles. The fourth-order valence-electron chi connectivity index (χ4n) is 4.09. The number of ether oxygens (including phenoxy) is 2. The highest BCUT2D eigenvalue weighted by atomic mass is 19.4. The highest BCUT2D eigenvalue weighted by molar-refractivity contribution is 5.97. The standard InChI is InChI=1S/C24H35F3N4O6/c1-5-6-7-8-9-10-13-37-19-12-11-17(14-18(19)24(25,26)27)20(32)28-29-21(33)23(31(2,3)4)15-36-16-30(23)22(34)35/h11-12,14H,5-10,13,15-16H2,1-4H3,(H2-,28,29,32,33,34,35)/p+1. The van der Waals surface area contributed by atoms with Gasteiger partial charge < -0.3 is 14.6 Å². The lowest BCUT2D eigenvalue weighted by Crippen LogP contribution is -2.74. The summed E-state index contributed by atoms with van der Waals surface area (Å²) in [5, 5.41) is 9.53. The van der Waals surface area contributed by atoms with Crippen LogP contribution in [-0.2, 0) is 15.7 Å². The van der Waals surface area contributed by atoms with Crippen LogP contribution in [0.5, 0.6) is 5.75 Å². The molecule has 1 aromatic rings. The first kappa shape index (κ1) is 30.2. The number of hydrazine groups is 1. The van der Waals surface area contributed by atoms with E-state index in [4.69, 9.17) is 9.47 Å². The summed E-state index contributed by atoms with van der Waals surface area (Å²) >= 11 is 0. The number of nitrogens with zero attached hydrogens (tertiary/aromatic N) is 2. The number of likely N-dealkylation sites (N-methyl/N-ethyl adjacent to an activating group) is 1. The Morgan fingerprint density at radius 3 is 2.35 bits per heavy atom. The zero-order chi connectivity index (χ0) is 27.9. The number of alkyl halides is 3. The molecule has 1 heterocycles. The lowest BCUT2D eigenvalue weighted by molar-refractivity contribution is -0.921. The second-order valence-corrected chi connectivity index (χ2v) is 9.75. The number of hydrogen-bond acceptors (Lipinski definition) is 5. The van der Waals surface area contributed by atoms with Gasteiger partial charge in [-0.3, -0.25) is 24.9 Å². The van der Waals surface area contributed by atoms with Gasteiger partial charge in [-0.1, -0.05) is 39.0 Å². The molecule has 0 radical (unpaired) electrons. The van der Waals surface area contributed by atoms with E-state index in [2.05, 4.69) is 17.8 Å². The van der Waals surface area contributed by atoms with Crippen molar-refractivity contribution in [3.8, 4) is 5.75 Å². The van der Waals surface area contributed by atoms with Crippen molar-refractivity contribution in [1.29, 1.82) is 0 Å². The van der Waals surface area contributed by atoms with E-state index in [0.29, 0.717) is 12.5 Å². The second-order valence-electron chi connectivity index (χ2n) is 9.75. The Morgan fingerprint density at radius 1 is 1.11 bits per heavy atom. The zero-order valence-electron chi connectivity index (χ0n) is 21.6. The van der Waals surface area contributed by atoms with E-state index in [-0.39, 0.29) is 35.7 Å². The fourth-order valence-corrected chi connectivity index (χ4v) is 4.09. The number of hydrogen-bond donors (Lipinski definition) is 3. The monoisotopic (exact) mass is 533 g/mol. The quantitative estimate of drug-likeness (QED) is 0.228. The number of amides is 3. The molecule has 1 aromatic carbocycles. The number of carbonyl (C=O) groups excluding carboxylic acids is 2. The summed E-state index contributed by atoms with van der Waals surface area (Å²) in [7, 11) is 4.72. The van der Waals surface area contributed by atoms with Crippen LogP contribution in [-0.4, -0.2) is 79.1 Å². The minimum absolute atomic E-state index is 0.117. The molecule has 0 spiro atoms. The van der Waals surface area contributed by atoms with Gasteiger partial charge in [-0.05, 0) is 24.6 Å². The molecule has 0 saturated carbocycles. The predicted octanol–water partition coefficient (Wildman–Crippen LogP) is 3.58. The van der Waals surface area contributed by atoms with E-state index in [9.17, 15) is 32.7 Å². The summed E-state index contributed by atoms with van der Waals surface area (Å²) in [5.41, 5.74) is 1.01. The van der Waals surface area contributed by atoms with Crippen molar-refractivity contribution in [2.24, 2.45) is 0 Å². The van der Waals surface area contributed by atoms with Gasteiger partial charge in [0.25, 0.3) is 11.6 Å². The Labute approximate surface area is 214 Å². The van der Waals surface area contributed by atoms with E-state index >= 15 is 0 Å². The van der Waals surface area contributed by atoms with Gasteiger partial charge in [0, 0.05) is 5.56 Å². The highest BCUT2D eigenvalue weighted by Crippen LogP contribution is 2.37. The Balaban J connectivity index is 2.10. The molecule has 3 N–H and O–H groups in total. The molecule has 3 amide bonds. The number of carbonyl (C=O) groups is 3. The van der Waals surface area contributed by atoms with E-state index in [1.54, 1.807) is 21.1 Å². The molecule has 2 rings (SSSR count). The fraction of sp³-hybridized carbons (Fsp3) is 0.625. The molecule has 0 aliphatic carbocycles. The number of benzene rings is 1. The summed E-state index contributed by atoms with van der Waals surface area (Å²) in [6.45, 7) is 1.57. The number of unbranched alkanes of at least 4 members (excludes halogenated alkanes) is 5. The molecule has 1 unspecified atom stereocenters. The van der Waals surface area contributed by atoms with Gasteiger partial charge in [0.1, 0.15) is 19.1 Å². The molecule has 0 aromatic heterocycles. The number of nitrogens with one attached hydrogen (secondary N) is 2. The Kier molecular flexibility index (Phi) is 10.2. The van der Waals surface area contributed by atoms with Crippen molar-refractivity contribution in [3.05, 3.63) is 29.3 Å². The van der Waals surface area contributed by atoms with Gasteiger partial charge in [0.05, 0.1) is 33.3 Å². The number of carboxylic acid groups (broad SMARTS) is 1. The zero-order valence-corrected chi connectivity index (χ0v) is 21.6. The van der Waals surface area contributed by atoms with E-state index in [0.717, 1.165) is 49.1 Å².